The maximum Gasteiger partial charge on any atom is 0.303 e. The summed E-state index contributed by atoms with van der Waals surface area (Å²) in [7, 11) is 1.34. The summed E-state index contributed by atoms with van der Waals surface area (Å²) >= 11 is 0. The van der Waals surface area contributed by atoms with Crippen LogP contribution < -0.4 is 0 Å². The van der Waals surface area contributed by atoms with E-state index < -0.39 is 54.0 Å². The van der Waals surface area contributed by atoms with Gasteiger partial charge in [0.1, 0.15) is 24.5 Å². The SMILES string of the molecule is CO[C@H]1O[C@H](COC(C)=O)[C@@H](OC(C)=O)[C@H](OC(C)=O)[C@H]1N=C(C)C1=C(O)CC(C)(C)CC1=O. The van der Waals surface area contributed by atoms with Crippen molar-refractivity contribution < 1.29 is 48.0 Å². The summed E-state index contributed by atoms with van der Waals surface area (Å²) in [5, 5.41) is 10.6. The highest BCUT2D eigenvalue weighted by molar-refractivity contribution is 6.22. The number of aliphatic imine (C=N–C) groups is 1. The predicted molar refractivity (Wildman–Crippen MR) is 118 cm³/mol. The topological polar surface area (TPSA) is 147 Å². The van der Waals surface area contributed by atoms with Crippen LogP contribution in [-0.2, 0) is 42.9 Å². The summed E-state index contributed by atoms with van der Waals surface area (Å²) < 4.78 is 27.2. The van der Waals surface area contributed by atoms with Crippen molar-refractivity contribution in [2.75, 3.05) is 13.7 Å². The van der Waals surface area contributed by atoms with Gasteiger partial charge in [-0.05, 0) is 12.3 Å². The van der Waals surface area contributed by atoms with E-state index in [-0.39, 0.29) is 35.9 Å². The quantitative estimate of drug-likeness (QED) is 0.323. The Morgan fingerprint density at radius 3 is 2.12 bits per heavy atom. The summed E-state index contributed by atoms with van der Waals surface area (Å²) in [6.07, 6.45) is -3.97. The Labute approximate surface area is 198 Å². The molecule has 0 unspecified atom stereocenters. The van der Waals surface area contributed by atoms with Crippen molar-refractivity contribution in [1.82, 2.24) is 0 Å². The minimum Gasteiger partial charge on any atom is -0.511 e. The third kappa shape index (κ3) is 6.86. The van der Waals surface area contributed by atoms with Crippen LogP contribution >= 0.6 is 0 Å². The number of hydrogen-bond acceptors (Lipinski definition) is 11. The van der Waals surface area contributed by atoms with E-state index in [0.29, 0.717) is 6.42 Å². The lowest BCUT2D eigenvalue weighted by Gasteiger charge is -2.43. The van der Waals surface area contributed by atoms with Crippen molar-refractivity contribution in [2.24, 2.45) is 10.4 Å². The number of aliphatic hydroxyl groups is 1. The second-order valence-electron chi connectivity index (χ2n) is 9.20. The first kappa shape index (κ1) is 27.5. The van der Waals surface area contributed by atoms with E-state index in [1.165, 1.54) is 27.9 Å². The first-order valence-corrected chi connectivity index (χ1v) is 10.9. The predicted octanol–water partition coefficient (Wildman–Crippen LogP) is 1.81. The summed E-state index contributed by atoms with van der Waals surface area (Å²) in [5.74, 6) is -2.30. The lowest BCUT2D eigenvalue weighted by atomic mass is 9.75. The number of Topliss-reactive ketones (excluding diaryl/α,β-unsaturated/α-hetero) is 1. The molecule has 1 fully saturated rings. The highest BCUT2D eigenvalue weighted by Crippen LogP contribution is 2.37. The molecule has 190 valence electrons. The molecule has 0 spiro atoms. The van der Waals surface area contributed by atoms with Crippen LogP contribution in [0.3, 0.4) is 0 Å². The fourth-order valence-electron chi connectivity index (χ4n) is 4.20. The van der Waals surface area contributed by atoms with Gasteiger partial charge in [0, 0.05) is 46.4 Å². The number of carbonyl (C=O) groups excluding carboxylic acids is 4. The molecule has 5 atom stereocenters. The number of esters is 3. The second kappa shape index (κ2) is 11.1. The number of rotatable bonds is 7. The van der Waals surface area contributed by atoms with E-state index in [1.54, 1.807) is 6.92 Å². The minimum atomic E-state index is -1.19. The molecule has 1 heterocycles. The number of ether oxygens (including phenoxy) is 5. The van der Waals surface area contributed by atoms with Gasteiger partial charge in [-0.25, -0.2) is 0 Å². The molecule has 0 aromatic rings. The molecule has 1 N–H and O–H groups in total. The fourth-order valence-corrected chi connectivity index (χ4v) is 4.20. The van der Waals surface area contributed by atoms with Gasteiger partial charge in [0.2, 0.25) is 0 Å². The Morgan fingerprint density at radius 2 is 1.62 bits per heavy atom. The van der Waals surface area contributed by atoms with Crippen LogP contribution in [0.1, 0.15) is 54.4 Å². The van der Waals surface area contributed by atoms with Crippen LogP contribution in [0.4, 0.5) is 0 Å². The van der Waals surface area contributed by atoms with Crippen molar-refractivity contribution in [3.63, 3.8) is 0 Å². The maximum absolute atomic E-state index is 12.8. The number of carbonyl (C=O) groups is 4. The van der Waals surface area contributed by atoms with Crippen molar-refractivity contribution >= 4 is 29.4 Å². The Morgan fingerprint density at radius 1 is 1.03 bits per heavy atom. The third-order valence-corrected chi connectivity index (χ3v) is 5.46. The number of ketones is 1. The summed E-state index contributed by atoms with van der Waals surface area (Å²) in [6, 6.07) is -1.06. The van der Waals surface area contributed by atoms with E-state index in [0.717, 1.165) is 0 Å². The van der Waals surface area contributed by atoms with Gasteiger partial charge in [-0.3, -0.25) is 24.2 Å². The molecule has 2 aliphatic rings. The smallest absolute Gasteiger partial charge is 0.303 e. The fraction of sp³-hybridized carbons (Fsp3) is 0.696. The lowest BCUT2D eigenvalue weighted by Crippen LogP contribution is -2.61. The lowest BCUT2D eigenvalue weighted by molar-refractivity contribution is -0.267. The molecule has 1 aliphatic heterocycles. The molecule has 11 heteroatoms. The van der Waals surface area contributed by atoms with E-state index in [1.807, 2.05) is 13.8 Å². The van der Waals surface area contributed by atoms with Crippen LogP contribution in [0.15, 0.2) is 16.3 Å². The molecule has 0 radical (unpaired) electrons. The van der Waals surface area contributed by atoms with Gasteiger partial charge in [-0.15, -0.1) is 0 Å². The summed E-state index contributed by atoms with van der Waals surface area (Å²) in [6.45, 7) is 8.57. The highest BCUT2D eigenvalue weighted by Gasteiger charge is 2.51. The zero-order chi connectivity index (χ0) is 25.8. The summed E-state index contributed by atoms with van der Waals surface area (Å²) in [4.78, 5) is 52.4. The number of allylic oxidation sites excluding steroid dienone is 2. The number of nitrogens with zero attached hydrogens (tertiary/aromatic N) is 1. The molecule has 0 aromatic heterocycles. The zero-order valence-electron chi connectivity index (χ0n) is 20.6. The van der Waals surface area contributed by atoms with Gasteiger partial charge >= 0.3 is 17.9 Å². The second-order valence-corrected chi connectivity index (χ2v) is 9.20. The van der Waals surface area contributed by atoms with Crippen LogP contribution in [0.25, 0.3) is 0 Å². The van der Waals surface area contributed by atoms with Crippen molar-refractivity contribution in [3.8, 4) is 0 Å². The molecule has 1 saturated heterocycles. The van der Waals surface area contributed by atoms with Crippen LogP contribution in [0.5, 0.6) is 0 Å². The molecule has 11 nitrogen and oxygen atoms in total. The van der Waals surface area contributed by atoms with Gasteiger partial charge < -0.3 is 28.8 Å². The van der Waals surface area contributed by atoms with Crippen molar-refractivity contribution in [2.45, 2.75) is 85.0 Å². The Kier molecular flexibility index (Phi) is 8.96. The standard InChI is InChI=1S/C23H33NO10/c1-11(18-15(28)8-23(5,6)9-16(18)29)24-19-21(33-14(4)27)20(32-13(3)26)17(10-31-12(2)25)34-22(19)30-7/h17,19-22,28H,8-10H2,1-7H3/t17-,19-,20-,21-,22+/m1/s1. The molecular weight excluding hydrogens is 450 g/mol. The summed E-state index contributed by atoms with van der Waals surface area (Å²) in [5.41, 5.74) is -0.105. The van der Waals surface area contributed by atoms with Gasteiger partial charge in [0.15, 0.2) is 24.3 Å². The highest BCUT2D eigenvalue weighted by atomic mass is 16.7. The minimum absolute atomic E-state index is 0.0819. The molecule has 34 heavy (non-hydrogen) atoms. The van der Waals surface area contributed by atoms with Gasteiger partial charge in [0.05, 0.1) is 5.57 Å². The average Bonchev–Trinajstić information content (AvgIpc) is 2.67. The average molecular weight is 484 g/mol. The first-order valence-electron chi connectivity index (χ1n) is 10.9. The van der Waals surface area contributed by atoms with Gasteiger partial charge in [-0.2, -0.15) is 0 Å². The largest absolute Gasteiger partial charge is 0.511 e. The Hall–Kier alpha value is -2.79. The molecular formula is C23H33NO10. The third-order valence-electron chi connectivity index (χ3n) is 5.46. The van der Waals surface area contributed by atoms with E-state index in [9.17, 15) is 24.3 Å². The monoisotopic (exact) mass is 483 g/mol. The number of aliphatic hydroxyl groups excluding tert-OH is 1. The molecule has 0 amide bonds. The molecule has 0 saturated carbocycles. The Balaban J connectivity index is 2.52. The van der Waals surface area contributed by atoms with Crippen molar-refractivity contribution in [1.29, 1.82) is 0 Å². The van der Waals surface area contributed by atoms with E-state index in [2.05, 4.69) is 4.99 Å². The molecule has 0 bridgehead atoms. The van der Waals surface area contributed by atoms with E-state index >= 15 is 0 Å². The van der Waals surface area contributed by atoms with Gasteiger partial charge in [-0.1, -0.05) is 13.8 Å². The first-order chi connectivity index (χ1) is 15.8. The molecule has 1 aliphatic carbocycles. The van der Waals surface area contributed by atoms with Gasteiger partial charge in [0.25, 0.3) is 0 Å². The van der Waals surface area contributed by atoms with Crippen molar-refractivity contribution in [3.05, 3.63) is 11.3 Å². The molecule has 0 aromatic carbocycles. The zero-order valence-corrected chi connectivity index (χ0v) is 20.6. The number of methoxy groups -OCH3 is 1. The maximum atomic E-state index is 12.8. The number of hydrogen-bond donors (Lipinski definition) is 1. The Bertz CT molecular complexity index is 890. The van der Waals surface area contributed by atoms with Crippen LogP contribution in [0, 0.1) is 5.41 Å². The molecule has 2 rings (SSSR count). The van der Waals surface area contributed by atoms with Crippen LogP contribution in [0.2, 0.25) is 0 Å². The van der Waals surface area contributed by atoms with Crippen LogP contribution in [-0.4, -0.2) is 78.9 Å². The normalized spacial score (nSPS) is 29.4. The van der Waals surface area contributed by atoms with E-state index in [4.69, 9.17) is 23.7 Å².